The minimum Gasteiger partial charge on any atom is -0.497 e. The lowest BCUT2D eigenvalue weighted by Gasteiger charge is -2.33. The molecule has 6 heteroatoms. The van der Waals surface area contributed by atoms with E-state index in [4.69, 9.17) is 4.74 Å². The van der Waals surface area contributed by atoms with Crippen LogP contribution in [0.3, 0.4) is 0 Å². The molecule has 2 aromatic rings. The van der Waals surface area contributed by atoms with E-state index in [0.29, 0.717) is 11.6 Å². The number of hydrogen-bond donors (Lipinski definition) is 0. The first-order valence-electron chi connectivity index (χ1n) is 9.14. The second-order valence-corrected chi connectivity index (χ2v) is 7.66. The number of thiazole rings is 1. The molecule has 0 radical (unpaired) electrons. The molecule has 0 bridgehead atoms. The molecule has 0 saturated carbocycles. The average molecular weight is 374 g/mol. The van der Waals surface area contributed by atoms with E-state index in [-0.39, 0.29) is 5.91 Å². The number of methoxy groups -OCH3 is 1. The van der Waals surface area contributed by atoms with Crippen LogP contribution in [0.2, 0.25) is 0 Å². The molecular weight excluding hydrogens is 346 g/mol. The summed E-state index contributed by atoms with van der Waals surface area (Å²) in [4.78, 5) is 20.8. The highest BCUT2D eigenvalue weighted by Crippen LogP contribution is 2.20. The number of likely N-dealkylation sites (tertiary alicyclic amines) is 1. The van der Waals surface area contributed by atoms with E-state index in [2.05, 4.69) is 22.0 Å². The van der Waals surface area contributed by atoms with Gasteiger partial charge in [0, 0.05) is 25.5 Å². The van der Waals surface area contributed by atoms with Gasteiger partial charge in [-0.25, -0.2) is 4.98 Å². The van der Waals surface area contributed by atoms with E-state index < -0.39 is 0 Å². The van der Waals surface area contributed by atoms with Gasteiger partial charge < -0.3 is 14.5 Å². The molecule has 1 aromatic heterocycles. The Balaban J connectivity index is 1.39. The summed E-state index contributed by atoms with van der Waals surface area (Å²) in [6.07, 6.45) is 3.37. The number of piperidine rings is 1. The molecule has 0 N–H and O–H groups in total. The molecule has 0 spiro atoms. The zero-order valence-corrected chi connectivity index (χ0v) is 16.4. The first-order valence-corrected chi connectivity index (χ1v) is 10.1. The predicted molar refractivity (Wildman–Crippen MR) is 105 cm³/mol. The fourth-order valence-electron chi connectivity index (χ4n) is 3.46. The number of hydrogen-bond acceptors (Lipinski definition) is 5. The lowest BCUT2D eigenvalue weighted by Crippen LogP contribution is -2.40. The Morgan fingerprint density at radius 2 is 2.04 bits per heavy atom. The van der Waals surface area contributed by atoms with E-state index in [1.54, 1.807) is 12.6 Å². The fraction of sp³-hybridized carbons (Fsp3) is 0.500. The molecule has 0 atom stereocenters. The summed E-state index contributed by atoms with van der Waals surface area (Å²) in [6, 6.07) is 8.34. The Morgan fingerprint density at radius 3 is 2.65 bits per heavy atom. The standard InChI is InChI=1S/C20H27N3O2S/c1-22(20(24)19-14-26-15-21-19)13-17-8-11-23(12-9-17)10-7-16-3-5-18(25-2)6-4-16/h3-6,14-15,17H,7-13H2,1-2H3. The Morgan fingerprint density at radius 1 is 1.31 bits per heavy atom. The fourth-order valence-corrected chi connectivity index (χ4v) is 3.98. The van der Waals surface area contributed by atoms with Crippen LogP contribution in [0.5, 0.6) is 5.75 Å². The highest BCUT2D eigenvalue weighted by Gasteiger charge is 2.23. The smallest absolute Gasteiger partial charge is 0.273 e. The Labute approximate surface area is 159 Å². The first-order chi connectivity index (χ1) is 12.7. The summed E-state index contributed by atoms with van der Waals surface area (Å²) in [6.45, 7) is 4.13. The summed E-state index contributed by atoms with van der Waals surface area (Å²) in [7, 11) is 3.58. The summed E-state index contributed by atoms with van der Waals surface area (Å²) < 4.78 is 5.21. The Bertz CT molecular complexity index is 680. The van der Waals surface area contributed by atoms with Gasteiger partial charge in [0.25, 0.3) is 5.91 Å². The number of ether oxygens (including phenoxy) is 1. The molecule has 140 valence electrons. The maximum Gasteiger partial charge on any atom is 0.273 e. The van der Waals surface area contributed by atoms with Gasteiger partial charge in [0.05, 0.1) is 12.6 Å². The summed E-state index contributed by atoms with van der Waals surface area (Å²) in [5, 5.41) is 1.82. The van der Waals surface area contributed by atoms with Gasteiger partial charge in [0.2, 0.25) is 0 Å². The van der Waals surface area contributed by atoms with Gasteiger partial charge in [-0.15, -0.1) is 11.3 Å². The lowest BCUT2D eigenvalue weighted by atomic mass is 9.96. The van der Waals surface area contributed by atoms with Crippen molar-refractivity contribution >= 4 is 17.2 Å². The molecule has 5 nitrogen and oxygen atoms in total. The number of rotatable bonds is 7. The maximum absolute atomic E-state index is 12.3. The minimum absolute atomic E-state index is 0.0354. The van der Waals surface area contributed by atoms with E-state index >= 15 is 0 Å². The van der Waals surface area contributed by atoms with Crippen LogP contribution in [-0.2, 0) is 6.42 Å². The molecule has 3 rings (SSSR count). The van der Waals surface area contributed by atoms with Crippen molar-refractivity contribution in [1.29, 1.82) is 0 Å². The van der Waals surface area contributed by atoms with Gasteiger partial charge in [-0.2, -0.15) is 0 Å². The van der Waals surface area contributed by atoms with Crippen molar-refractivity contribution in [1.82, 2.24) is 14.8 Å². The Kier molecular flexibility index (Phi) is 6.63. The molecule has 0 aliphatic carbocycles. The summed E-state index contributed by atoms with van der Waals surface area (Å²) >= 11 is 1.47. The van der Waals surface area contributed by atoms with Crippen LogP contribution in [0.4, 0.5) is 0 Å². The molecule has 1 amide bonds. The number of benzene rings is 1. The van der Waals surface area contributed by atoms with Crippen molar-refractivity contribution in [3.8, 4) is 5.75 Å². The van der Waals surface area contributed by atoms with Crippen LogP contribution in [-0.4, -0.2) is 61.0 Å². The molecule has 0 unspecified atom stereocenters. The van der Waals surface area contributed by atoms with Gasteiger partial charge in [-0.3, -0.25) is 4.79 Å². The molecule has 1 aliphatic heterocycles. The lowest BCUT2D eigenvalue weighted by molar-refractivity contribution is 0.0735. The van der Waals surface area contributed by atoms with E-state index in [0.717, 1.165) is 51.2 Å². The van der Waals surface area contributed by atoms with Crippen LogP contribution in [0.1, 0.15) is 28.9 Å². The molecule has 26 heavy (non-hydrogen) atoms. The maximum atomic E-state index is 12.3. The molecule has 2 heterocycles. The van der Waals surface area contributed by atoms with E-state index in [1.165, 1.54) is 16.9 Å². The van der Waals surface area contributed by atoms with Crippen LogP contribution in [0.25, 0.3) is 0 Å². The van der Waals surface area contributed by atoms with Crippen molar-refractivity contribution in [2.24, 2.45) is 5.92 Å². The Hall–Kier alpha value is -1.92. The number of amides is 1. The minimum atomic E-state index is 0.0354. The summed E-state index contributed by atoms with van der Waals surface area (Å²) in [5.74, 6) is 1.53. The SMILES string of the molecule is COc1ccc(CCN2CCC(CN(C)C(=O)c3cscn3)CC2)cc1. The predicted octanol–water partition coefficient (Wildman–Crippen LogP) is 3.18. The topological polar surface area (TPSA) is 45.7 Å². The van der Waals surface area contributed by atoms with Crippen LogP contribution in [0.15, 0.2) is 35.2 Å². The van der Waals surface area contributed by atoms with E-state index in [1.807, 2.05) is 29.5 Å². The van der Waals surface area contributed by atoms with Crippen molar-refractivity contribution in [3.63, 3.8) is 0 Å². The van der Waals surface area contributed by atoms with Gasteiger partial charge in [0.15, 0.2) is 0 Å². The molecule has 1 saturated heterocycles. The van der Waals surface area contributed by atoms with Crippen molar-refractivity contribution in [2.45, 2.75) is 19.3 Å². The van der Waals surface area contributed by atoms with Gasteiger partial charge >= 0.3 is 0 Å². The van der Waals surface area contributed by atoms with Crippen LogP contribution in [0, 0.1) is 5.92 Å². The highest BCUT2D eigenvalue weighted by molar-refractivity contribution is 7.07. The zero-order valence-electron chi connectivity index (χ0n) is 15.6. The largest absolute Gasteiger partial charge is 0.497 e. The third-order valence-corrected chi connectivity index (χ3v) is 5.70. The van der Waals surface area contributed by atoms with Gasteiger partial charge in [-0.1, -0.05) is 12.1 Å². The van der Waals surface area contributed by atoms with Crippen LogP contribution < -0.4 is 4.74 Å². The van der Waals surface area contributed by atoms with E-state index in [9.17, 15) is 4.79 Å². The third-order valence-electron chi connectivity index (χ3n) is 5.11. The summed E-state index contributed by atoms with van der Waals surface area (Å²) in [5.41, 5.74) is 3.62. The third kappa shape index (κ3) is 5.05. The van der Waals surface area contributed by atoms with Crippen molar-refractivity contribution in [2.75, 3.05) is 40.3 Å². The molecule has 1 fully saturated rings. The number of aromatic nitrogens is 1. The second-order valence-electron chi connectivity index (χ2n) is 6.94. The average Bonchev–Trinajstić information content (AvgIpc) is 3.22. The molecule has 1 aliphatic rings. The van der Waals surface area contributed by atoms with Gasteiger partial charge in [-0.05, 0) is 56.0 Å². The number of carbonyl (C=O) groups is 1. The number of carbonyl (C=O) groups excluding carboxylic acids is 1. The van der Waals surface area contributed by atoms with Crippen LogP contribution >= 0.6 is 11.3 Å². The van der Waals surface area contributed by atoms with Crippen molar-refractivity contribution in [3.05, 3.63) is 46.4 Å². The number of nitrogens with zero attached hydrogens (tertiary/aromatic N) is 3. The molecule has 1 aromatic carbocycles. The van der Waals surface area contributed by atoms with Crippen molar-refractivity contribution < 1.29 is 9.53 Å². The first kappa shape index (κ1) is 18.9. The zero-order chi connectivity index (χ0) is 18.4. The normalized spacial score (nSPS) is 15.8. The van der Waals surface area contributed by atoms with Gasteiger partial charge in [0.1, 0.15) is 11.4 Å². The molecular formula is C20H27N3O2S. The quantitative estimate of drug-likeness (QED) is 0.748. The second kappa shape index (κ2) is 9.14. The highest BCUT2D eigenvalue weighted by atomic mass is 32.1. The monoisotopic (exact) mass is 373 g/mol.